The number of carbonyl (C=O) groups is 2. The van der Waals surface area contributed by atoms with Gasteiger partial charge in [0.2, 0.25) is 11.8 Å². The van der Waals surface area contributed by atoms with E-state index in [0.29, 0.717) is 82.9 Å². The van der Waals surface area contributed by atoms with Gasteiger partial charge in [-0.15, -0.1) is 0 Å². The lowest BCUT2D eigenvalue weighted by molar-refractivity contribution is -0.121. The van der Waals surface area contributed by atoms with E-state index in [0.717, 1.165) is 30.6 Å². The molecule has 254 valence electrons. The van der Waals surface area contributed by atoms with Gasteiger partial charge in [0.05, 0.1) is 28.5 Å². The molecule has 7 rings (SSSR count). The summed E-state index contributed by atoms with van der Waals surface area (Å²) in [4.78, 5) is 34.2. The number of anilines is 2. The molecule has 2 amide bonds. The number of likely N-dealkylation sites (tertiary alicyclic amines) is 1. The van der Waals surface area contributed by atoms with Crippen molar-refractivity contribution in [2.45, 2.75) is 38.4 Å². The fourth-order valence-electron chi connectivity index (χ4n) is 6.99. The van der Waals surface area contributed by atoms with E-state index in [1.54, 1.807) is 37.7 Å². The maximum absolute atomic E-state index is 15.7. The molecule has 13 heteroatoms. The molecule has 3 fully saturated rings. The molecular formula is C36H36Cl2FN7O3. The Kier molecular flexibility index (Phi) is 9.43. The summed E-state index contributed by atoms with van der Waals surface area (Å²) in [5.74, 6) is 0.476. The van der Waals surface area contributed by atoms with Crippen LogP contribution >= 0.6 is 23.2 Å². The molecule has 5 heterocycles. The number of benzene rings is 2. The molecule has 1 unspecified atom stereocenters. The normalized spacial score (nSPS) is 18.3. The Hall–Kier alpha value is -4.29. The molecule has 10 nitrogen and oxygen atoms in total. The number of rotatable bonds is 11. The fourth-order valence-corrected chi connectivity index (χ4v) is 7.59. The van der Waals surface area contributed by atoms with Crippen molar-refractivity contribution in [1.82, 2.24) is 30.8 Å². The summed E-state index contributed by atoms with van der Waals surface area (Å²) >= 11 is 13.9. The van der Waals surface area contributed by atoms with Gasteiger partial charge in [0.25, 0.3) is 0 Å². The lowest BCUT2D eigenvalue weighted by atomic mass is 9.79. The van der Waals surface area contributed by atoms with E-state index < -0.39 is 5.82 Å². The van der Waals surface area contributed by atoms with Crippen molar-refractivity contribution in [3.8, 4) is 28.1 Å². The number of hydrogen-bond donors (Lipinski definition) is 4. The predicted octanol–water partition coefficient (Wildman–Crippen LogP) is 5.70. The Bertz CT molecular complexity index is 1920. The standard InChI is InChI=1S/C36H36Cl2FN7O3/c1-49-28-13-21(5-6-22(28)15-40-16-24-7-8-29(47)44-24)34-32(38)26(10-12-41-34)25-3-2-4-27(31(25)37)45-35-33(39)23(9-11-42-35)17-46-19-36(20-46)14-30(48)43-18-36/h2-6,9-13,24,40H,7-8,14-20H2,1H3,(H,42,45)(H,43,48)(H,44,47). The first-order valence-electron chi connectivity index (χ1n) is 16.2. The van der Waals surface area contributed by atoms with Gasteiger partial charge in [-0.3, -0.25) is 19.5 Å². The van der Waals surface area contributed by atoms with Gasteiger partial charge >= 0.3 is 0 Å². The van der Waals surface area contributed by atoms with E-state index in [4.69, 9.17) is 27.9 Å². The van der Waals surface area contributed by atoms with Gasteiger partial charge in [-0.25, -0.2) is 9.37 Å². The molecule has 0 radical (unpaired) electrons. The number of aromatic nitrogens is 2. The summed E-state index contributed by atoms with van der Waals surface area (Å²) < 4.78 is 21.4. The minimum absolute atomic E-state index is 0.0343. The van der Waals surface area contributed by atoms with Crippen LogP contribution in [0.25, 0.3) is 22.4 Å². The average molecular weight is 705 g/mol. The zero-order chi connectivity index (χ0) is 34.1. The molecule has 0 bridgehead atoms. The predicted molar refractivity (Wildman–Crippen MR) is 187 cm³/mol. The van der Waals surface area contributed by atoms with Crippen molar-refractivity contribution in [3.05, 3.63) is 87.9 Å². The zero-order valence-electron chi connectivity index (χ0n) is 26.9. The molecule has 3 aliphatic heterocycles. The smallest absolute Gasteiger partial charge is 0.220 e. The second-order valence-corrected chi connectivity index (χ2v) is 13.8. The fraction of sp³-hybridized carbons (Fsp3) is 0.333. The maximum Gasteiger partial charge on any atom is 0.220 e. The first-order valence-corrected chi connectivity index (χ1v) is 17.0. The summed E-state index contributed by atoms with van der Waals surface area (Å²) in [6.07, 6.45) is 5.17. The van der Waals surface area contributed by atoms with Crippen molar-refractivity contribution in [2.75, 3.05) is 38.6 Å². The molecule has 4 aromatic rings. The first kappa shape index (κ1) is 33.2. The second kappa shape index (κ2) is 13.9. The summed E-state index contributed by atoms with van der Waals surface area (Å²) in [6, 6.07) is 14.9. The van der Waals surface area contributed by atoms with Gasteiger partial charge in [0.15, 0.2) is 11.6 Å². The third-order valence-electron chi connectivity index (χ3n) is 9.46. The Morgan fingerprint density at radius 1 is 1.02 bits per heavy atom. The van der Waals surface area contributed by atoms with Crippen LogP contribution in [0, 0.1) is 11.2 Å². The van der Waals surface area contributed by atoms with E-state index in [1.165, 1.54) is 0 Å². The molecule has 0 saturated carbocycles. The maximum atomic E-state index is 15.7. The van der Waals surface area contributed by atoms with Gasteiger partial charge in [0.1, 0.15) is 5.75 Å². The summed E-state index contributed by atoms with van der Waals surface area (Å²) in [6.45, 7) is 3.84. The summed E-state index contributed by atoms with van der Waals surface area (Å²) in [7, 11) is 1.62. The molecule has 1 atom stereocenters. The van der Waals surface area contributed by atoms with Crippen molar-refractivity contribution in [2.24, 2.45) is 5.41 Å². The number of carbonyl (C=O) groups excluding carboxylic acids is 2. The lowest BCUT2D eigenvalue weighted by Crippen LogP contribution is -2.56. The molecular weight excluding hydrogens is 668 g/mol. The topological polar surface area (TPSA) is 121 Å². The Morgan fingerprint density at radius 2 is 1.84 bits per heavy atom. The lowest BCUT2D eigenvalue weighted by Gasteiger charge is -2.47. The molecule has 49 heavy (non-hydrogen) atoms. The van der Waals surface area contributed by atoms with Gasteiger partial charge in [-0.2, -0.15) is 0 Å². The molecule has 3 saturated heterocycles. The van der Waals surface area contributed by atoms with Crippen LogP contribution in [0.5, 0.6) is 5.75 Å². The molecule has 2 aromatic heterocycles. The van der Waals surface area contributed by atoms with E-state index in [9.17, 15) is 9.59 Å². The SMILES string of the molecule is COc1cc(-c2nccc(-c3cccc(Nc4nccc(CN5CC6(CNC(=O)C6)C5)c4F)c3Cl)c2Cl)ccc1CNCC1CCC(=O)N1. The molecule has 2 aromatic carbocycles. The second-order valence-electron chi connectivity index (χ2n) is 13.0. The highest BCUT2D eigenvalue weighted by Crippen LogP contribution is 2.42. The van der Waals surface area contributed by atoms with Crippen LogP contribution in [0.4, 0.5) is 15.9 Å². The summed E-state index contributed by atoms with van der Waals surface area (Å²) in [5.41, 5.74) is 4.56. The van der Waals surface area contributed by atoms with Gasteiger partial charge in [-0.05, 0) is 30.7 Å². The number of halogens is 3. The monoisotopic (exact) mass is 703 g/mol. The van der Waals surface area contributed by atoms with Crippen molar-refractivity contribution >= 4 is 46.5 Å². The van der Waals surface area contributed by atoms with Crippen LogP contribution in [0.3, 0.4) is 0 Å². The summed E-state index contributed by atoms with van der Waals surface area (Å²) in [5, 5.41) is 13.1. The van der Waals surface area contributed by atoms with Crippen LogP contribution < -0.4 is 26.0 Å². The van der Waals surface area contributed by atoms with Crippen LogP contribution in [0.15, 0.2) is 60.9 Å². The average Bonchev–Trinajstić information content (AvgIpc) is 3.69. The van der Waals surface area contributed by atoms with Crippen LogP contribution in [0.2, 0.25) is 10.0 Å². The number of nitrogens with zero attached hydrogens (tertiary/aromatic N) is 3. The highest BCUT2D eigenvalue weighted by atomic mass is 35.5. The number of hydrogen-bond acceptors (Lipinski definition) is 8. The number of amides is 2. The Balaban J connectivity index is 1.07. The zero-order valence-corrected chi connectivity index (χ0v) is 28.4. The third-order valence-corrected chi connectivity index (χ3v) is 10.2. The van der Waals surface area contributed by atoms with Crippen molar-refractivity contribution < 1.29 is 18.7 Å². The Labute approximate surface area is 293 Å². The highest BCUT2D eigenvalue weighted by Gasteiger charge is 2.48. The van der Waals surface area contributed by atoms with Gasteiger partial charge in [-0.1, -0.05) is 47.5 Å². The van der Waals surface area contributed by atoms with E-state index >= 15 is 4.39 Å². The Morgan fingerprint density at radius 3 is 2.59 bits per heavy atom. The molecule has 4 N–H and O–H groups in total. The van der Waals surface area contributed by atoms with Crippen LogP contribution in [0.1, 0.15) is 30.4 Å². The van der Waals surface area contributed by atoms with E-state index in [1.807, 2.05) is 30.3 Å². The largest absolute Gasteiger partial charge is 0.496 e. The number of pyridine rings is 2. The van der Waals surface area contributed by atoms with E-state index in [-0.39, 0.29) is 29.1 Å². The van der Waals surface area contributed by atoms with E-state index in [2.05, 4.69) is 36.1 Å². The van der Waals surface area contributed by atoms with Gasteiger partial charge in [0, 0.05) is 104 Å². The number of ether oxygens (including phenoxy) is 1. The van der Waals surface area contributed by atoms with Crippen molar-refractivity contribution in [1.29, 1.82) is 0 Å². The van der Waals surface area contributed by atoms with Crippen LogP contribution in [-0.2, 0) is 22.7 Å². The minimum Gasteiger partial charge on any atom is -0.496 e. The third kappa shape index (κ3) is 6.94. The number of methoxy groups -OCH3 is 1. The van der Waals surface area contributed by atoms with Crippen LogP contribution in [-0.4, -0.2) is 66.0 Å². The highest BCUT2D eigenvalue weighted by molar-refractivity contribution is 6.39. The molecule has 1 spiro atoms. The number of nitrogens with one attached hydrogen (secondary N) is 4. The molecule has 3 aliphatic rings. The minimum atomic E-state index is -0.451. The van der Waals surface area contributed by atoms with Gasteiger partial charge < -0.3 is 26.0 Å². The van der Waals surface area contributed by atoms with Crippen molar-refractivity contribution in [3.63, 3.8) is 0 Å². The molecule has 0 aliphatic carbocycles. The quantitative estimate of drug-likeness (QED) is 0.157. The first-order chi connectivity index (χ1) is 23.7.